The molecule has 0 aromatic carbocycles. The van der Waals surface area contributed by atoms with Crippen LogP contribution in [0.3, 0.4) is 0 Å². The Bertz CT molecular complexity index is 426. The van der Waals surface area contributed by atoms with Crippen molar-refractivity contribution in [3.63, 3.8) is 0 Å². The van der Waals surface area contributed by atoms with Crippen LogP contribution in [0.5, 0.6) is 0 Å². The van der Waals surface area contributed by atoms with Gasteiger partial charge in [-0.2, -0.15) is 0 Å². The fraction of sp³-hybridized carbons (Fsp3) is 0.727. The molecule has 19 heavy (non-hydrogen) atoms. The number of urea groups is 1. The standard InChI is InChI=1S/C11H17N3O4S/c1-11(2)9(17)12-3-4-14(11)10(18)13-6-19-5-7(13)8(15)16/h7H,3-6H2,1-2H3,(H,12,17)(H,15,16)/t7-/m0/s1. The van der Waals surface area contributed by atoms with Crippen LogP contribution >= 0.6 is 11.8 Å². The van der Waals surface area contributed by atoms with E-state index in [0.29, 0.717) is 24.7 Å². The Kier molecular flexibility index (Phi) is 3.62. The molecule has 0 saturated carbocycles. The lowest BCUT2D eigenvalue weighted by Crippen LogP contribution is -2.66. The molecule has 0 aromatic rings. The van der Waals surface area contributed by atoms with Crippen molar-refractivity contribution < 1.29 is 19.5 Å². The van der Waals surface area contributed by atoms with Crippen LogP contribution in [0.25, 0.3) is 0 Å². The molecule has 2 saturated heterocycles. The summed E-state index contributed by atoms with van der Waals surface area (Å²) >= 11 is 1.41. The van der Waals surface area contributed by atoms with Gasteiger partial charge >= 0.3 is 12.0 Å². The van der Waals surface area contributed by atoms with Gasteiger partial charge in [-0.05, 0) is 13.8 Å². The normalized spacial score (nSPS) is 26.2. The fourth-order valence-electron chi connectivity index (χ4n) is 2.23. The van der Waals surface area contributed by atoms with Crippen molar-refractivity contribution in [2.45, 2.75) is 25.4 Å². The smallest absolute Gasteiger partial charge is 0.327 e. The molecule has 0 radical (unpaired) electrons. The molecule has 7 nitrogen and oxygen atoms in total. The number of rotatable bonds is 1. The Hall–Kier alpha value is -1.44. The van der Waals surface area contributed by atoms with Gasteiger partial charge in [-0.1, -0.05) is 0 Å². The van der Waals surface area contributed by atoms with Crippen molar-refractivity contribution >= 4 is 29.7 Å². The van der Waals surface area contributed by atoms with Crippen LogP contribution in [-0.2, 0) is 9.59 Å². The Morgan fingerprint density at radius 3 is 2.79 bits per heavy atom. The number of aliphatic carboxylic acids is 1. The highest BCUT2D eigenvalue weighted by molar-refractivity contribution is 7.99. The average molecular weight is 287 g/mol. The lowest BCUT2D eigenvalue weighted by Gasteiger charge is -2.43. The number of carbonyl (C=O) groups is 3. The first kappa shape index (κ1) is 14.0. The largest absolute Gasteiger partial charge is 0.480 e. The summed E-state index contributed by atoms with van der Waals surface area (Å²) in [6, 6.07) is -1.18. The quantitative estimate of drug-likeness (QED) is 0.695. The molecule has 2 N–H and O–H groups in total. The van der Waals surface area contributed by atoms with Crippen LogP contribution < -0.4 is 5.32 Å². The SMILES string of the molecule is CC1(C)C(=O)NCCN1C(=O)N1CSC[C@H]1C(=O)O. The van der Waals surface area contributed by atoms with E-state index in [4.69, 9.17) is 5.11 Å². The summed E-state index contributed by atoms with van der Waals surface area (Å²) in [5.41, 5.74) is -0.953. The van der Waals surface area contributed by atoms with Gasteiger partial charge in [-0.25, -0.2) is 9.59 Å². The third-order valence-corrected chi connectivity index (χ3v) is 4.51. The molecule has 2 aliphatic heterocycles. The van der Waals surface area contributed by atoms with Gasteiger partial charge in [0.2, 0.25) is 5.91 Å². The molecule has 3 amide bonds. The Morgan fingerprint density at radius 1 is 1.47 bits per heavy atom. The van der Waals surface area contributed by atoms with Gasteiger partial charge in [-0.15, -0.1) is 11.8 Å². The van der Waals surface area contributed by atoms with Crippen molar-refractivity contribution in [3.05, 3.63) is 0 Å². The average Bonchev–Trinajstić information content (AvgIpc) is 2.81. The van der Waals surface area contributed by atoms with Gasteiger partial charge in [0, 0.05) is 18.8 Å². The summed E-state index contributed by atoms with van der Waals surface area (Å²) in [7, 11) is 0. The zero-order valence-corrected chi connectivity index (χ0v) is 11.7. The van der Waals surface area contributed by atoms with E-state index in [1.54, 1.807) is 13.8 Å². The van der Waals surface area contributed by atoms with Crippen LogP contribution in [0.15, 0.2) is 0 Å². The van der Waals surface area contributed by atoms with Gasteiger partial charge in [0.15, 0.2) is 0 Å². The van der Waals surface area contributed by atoms with Crippen LogP contribution in [-0.4, -0.2) is 69.1 Å². The maximum atomic E-state index is 12.5. The third-order valence-electron chi connectivity index (χ3n) is 3.50. The number of piperazine rings is 1. The highest BCUT2D eigenvalue weighted by Gasteiger charge is 2.45. The Morgan fingerprint density at radius 2 is 2.16 bits per heavy atom. The monoisotopic (exact) mass is 287 g/mol. The van der Waals surface area contributed by atoms with Gasteiger partial charge < -0.3 is 20.2 Å². The molecule has 0 aliphatic carbocycles. The molecular formula is C11H17N3O4S. The minimum Gasteiger partial charge on any atom is -0.480 e. The number of hydrogen-bond acceptors (Lipinski definition) is 4. The second-order valence-corrected chi connectivity index (χ2v) is 6.07. The minimum absolute atomic E-state index is 0.217. The molecule has 1 atom stereocenters. The van der Waals surface area contributed by atoms with Crippen molar-refractivity contribution in [2.75, 3.05) is 24.7 Å². The van der Waals surface area contributed by atoms with Crippen LogP contribution in [0.2, 0.25) is 0 Å². The van der Waals surface area contributed by atoms with Gasteiger partial charge in [0.1, 0.15) is 11.6 Å². The molecule has 0 aromatic heterocycles. The molecule has 2 heterocycles. The van der Waals surface area contributed by atoms with Gasteiger partial charge in [-0.3, -0.25) is 4.79 Å². The Labute approximate surface area is 115 Å². The van der Waals surface area contributed by atoms with Crippen molar-refractivity contribution in [1.82, 2.24) is 15.1 Å². The van der Waals surface area contributed by atoms with Crippen LogP contribution in [0.1, 0.15) is 13.8 Å². The predicted molar refractivity (Wildman–Crippen MR) is 69.8 cm³/mol. The van der Waals surface area contributed by atoms with Crippen molar-refractivity contribution in [1.29, 1.82) is 0 Å². The third kappa shape index (κ3) is 2.36. The zero-order chi connectivity index (χ0) is 14.2. The summed E-state index contributed by atoms with van der Waals surface area (Å²) < 4.78 is 0. The molecule has 2 aliphatic rings. The van der Waals surface area contributed by atoms with Gasteiger partial charge in [0.25, 0.3) is 0 Å². The number of carboxylic acids is 1. The topological polar surface area (TPSA) is 90.0 Å². The fourth-order valence-corrected chi connectivity index (χ4v) is 3.36. The van der Waals surface area contributed by atoms with E-state index >= 15 is 0 Å². The lowest BCUT2D eigenvalue weighted by molar-refractivity contribution is -0.141. The van der Waals surface area contributed by atoms with E-state index in [-0.39, 0.29) is 11.9 Å². The molecule has 0 spiro atoms. The molecule has 0 bridgehead atoms. The predicted octanol–water partition coefficient (Wildman–Crippen LogP) is -0.224. The number of carbonyl (C=O) groups excluding carboxylic acids is 2. The molecule has 0 unspecified atom stereocenters. The molecule has 2 fully saturated rings. The summed E-state index contributed by atoms with van der Waals surface area (Å²) in [5, 5.41) is 11.8. The van der Waals surface area contributed by atoms with E-state index in [9.17, 15) is 14.4 Å². The van der Waals surface area contributed by atoms with E-state index in [1.807, 2.05) is 0 Å². The minimum atomic E-state index is -1.00. The number of hydrogen-bond donors (Lipinski definition) is 2. The molecule has 2 rings (SSSR count). The van der Waals surface area contributed by atoms with E-state index in [0.717, 1.165) is 0 Å². The number of amides is 3. The van der Waals surface area contributed by atoms with Crippen LogP contribution in [0.4, 0.5) is 4.79 Å². The van der Waals surface area contributed by atoms with Gasteiger partial charge in [0.05, 0.1) is 5.88 Å². The first-order valence-corrected chi connectivity index (χ1v) is 7.18. The Balaban J connectivity index is 2.19. The van der Waals surface area contributed by atoms with E-state index < -0.39 is 17.6 Å². The first-order valence-electron chi connectivity index (χ1n) is 6.03. The number of carboxylic acid groups (broad SMARTS) is 1. The molecule has 8 heteroatoms. The summed E-state index contributed by atoms with van der Waals surface area (Å²) in [4.78, 5) is 38.2. The highest BCUT2D eigenvalue weighted by atomic mass is 32.2. The maximum absolute atomic E-state index is 12.5. The lowest BCUT2D eigenvalue weighted by atomic mass is 9.99. The maximum Gasteiger partial charge on any atom is 0.327 e. The van der Waals surface area contributed by atoms with Crippen molar-refractivity contribution in [3.8, 4) is 0 Å². The molecule has 106 valence electrons. The van der Waals surface area contributed by atoms with Crippen LogP contribution in [0, 0.1) is 0 Å². The molecular weight excluding hydrogens is 270 g/mol. The number of nitrogens with zero attached hydrogens (tertiary/aromatic N) is 2. The zero-order valence-electron chi connectivity index (χ0n) is 10.9. The van der Waals surface area contributed by atoms with E-state index in [1.165, 1.54) is 21.6 Å². The number of nitrogens with one attached hydrogen (secondary N) is 1. The first-order chi connectivity index (χ1) is 8.85. The summed E-state index contributed by atoms with van der Waals surface area (Å²) in [6.45, 7) is 4.12. The summed E-state index contributed by atoms with van der Waals surface area (Å²) in [6.07, 6.45) is 0. The van der Waals surface area contributed by atoms with E-state index in [2.05, 4.69) is 5.32 Å². The van der Waals surface area contributed by atoms with Crippen molar-refractivity contribution in [2.24, 2.45) is 0 Å². The number of thioether (sulfide) groups is 1. The summed E-state index contributed by atoms with van der Waals surface area (Å²) in [5.74, 6) is -0.477. The second kappa shape index (κ2) is 4.92. The highest BCUT2D eigenvalue weighted by Crippen LogP contribution is 2.26. The second-order valence-electron chi connectivity index (χ2n) is 5.07.